The Morgan fingerprint density at radius 3 is 3.04 bits per heavy atom. The van der Waals surface area contributed by atoms with Crippen molar-refractivity contribution in [3.63, 3.8) is 0 Å². The molecule has 2 bridgehead atoms. The molecular formula is C19H28N6O2. The number of aromatic nitrogens is 3. The highest BCUT2D eigenvalue weighted by molar-refractivity contribution is 5.79. The molecule has 1 amide bonds. The molecule has 5 heterocycles. The third-order valence-corrected chi connectivity index (χ3v) is 5.69. The molecule has 3 saturated heterocycles. The van der Waals surface area contributed by atoms with E-state index in [4.69, 9.17) is 4.42 Å². The third-order valence-electron chi connectivity index (χ3n) is 5.69. The molecule has 5 rings (SSSR count). The van der Waals surface area contributed by atoms with Crippen LogP contribution in [-0.4, -0.2) is 63.9 Å². The van der Waals surface area contributed by atoms with Crippen molar-refractivity contribution in [2.45, 2.75) is 38.5 Å². The molecule has 0 saturated carbocycles. The van der Waals surface area contributed by atoms with Gasteiger partial charge in [-0.3, -0.25) is 14.4 Å². The van der Waals surface area contributed by atoms with Gasteiger partial charge in [0.1, 0.15) is 5.76 Å². The van der Waals surface area contributed by atoms with Crippen LogP contribution in [-0.2, 0) is 24.4 Å². The summed E-state index contributed by atoms with van der Waals surface area (Å²) in [6.45, 7) is 4.01. The molecule has 2 unspecified atom stereocenters. The van der Waals surface area contributed by atoms with Crippen LogP contribution < -0.4 is 5.32 Å². The molecule has 3 fully saturated rings. The van der Waals surface area contributed by atoms with Crippen LogP contribution in [0.3, 0.4) is 0 Å². The third kappa shape index (κ3) is 4.22. The highest BCUT2D eigenvalue weighted by Gasteiger charge is 2.43. The number of fused-ring (bicyclic) bond motifs is 3. The van der Waals surface area contributed by atoms with Crippen molar-refractivity contribution < 1.29 is 9.21 Å². The average Bonchev–Trinajstić information content (AvgIpc) is 3.32. The number of carbonyl (C=O) groups is 1. The summed E-state index contributed by atoms with van der Waals surface area (Å²) in [4.78, 5) is 17.2. The molecule has 3 aliphatic heterocycles. The fraction of sp³-hybridized carbons (Fsp3) is 0.632. The van der Waals surface area contributed by atoms with Crippen LogP contribution in [0.4, 0.5) is 0 Å². The summed E-state index contributed by atoms with van der Waals surface area (Å²) in [5, 5.41) is 11.6. The Kier molecular flexibility index (Phi) is 5.27. The molecule has 0 aliphatic carbocycles. The van der Waals surface area contributed by atoms with Crippen LogP contribution in [0.5, 0.6) is 0 Å². The van der Waals surface area contributed by atoms with E-state index >= 15 is 0 Å². The Morgan fingerprint density at radius 1 is 1.44 bits per heavy atom. The van der Waals surface area contributed by atoms with E-state index in [9.17, 15) is 4.79 Å². The molecule has 4 atom stereocenters. The molecule has 27 heavy (non-hydrogen) atoms. The second kappa shape index (κ2) is 7.82. The number of piperidine rings is 3. The zero-order valence-electron chi connectivity index (χ0n) is 16.0. The first-order valence-electron chi connectivity index (χ1n) is 9.66. The van der Waals surface area contributed by atoms with Gasteiger partial charge in [0, 0.05) is 25.3 Å². The van der Waals surface area contributed by atoms with Crippen LogP contribution >= 0.6 is 0 Å². The van der Waals surface area contributed by atoms with Gasteiger partial charge in [-0.25, -0.2) is 0 Å². The van der Waals surface area contributed by atoms with E-state index in [1.54, 1.807) is 6.26 Å². The number of hydrogen-bond donors (Lipinski definition) is 1. The van der Waals surface area contributed by atoms with Crippen LogP contribution in [0, 0.1) is 11.8 Å². The maximum atomic E-state index is 12.6. The Hall–Kier alpha value is -2.19. The maximum Gasteiger partial charge on any atom is 0.225 e. The second-order valence-corrected chi connectivity index (χ2v) is 8.01. The van der Waals surface area contributed by atoms with Crippen molar-refractivity contribution in [2.24, 2.45) is 11.8 Å². The molecule has 1 N–H and O–H groups in total. The van der Waals surface area contributed by atoms with Crippen LogP contribution in [0.2, 0.25) is 0 Å². The van der Waals surface area contributed by atoms with Gasteiger partial charge in [0.25, 0.3) is 0 Å². The van der Waals surface area contributed by atoms with E-state index in [1.165, 1.54) is 0 Å². The van der Waals surface area contributed by atoms with Gasteiger partial charge in [-0.1, -0.05) is 5.21 Å². The first-order valence-corrected chi connectivity index (χ1v) is 9.66. The van der Waals surface area contributed by atoms with E-state index in [2.05, 4.69) is 25.4 Å². The quantitative estimate of drug-likeness (QED) is 0.780. The summed E-state index contributed by atoms with van der Waals surface area (Å²) in [5.74, 6) is 1.46. The predicted molar refractivity (Wildman–Crippen MR) is 99.5 cm³/mol. The molecule has 8 heteroatoms. The van der Waals surface area contributed by atoms with Crippen molar-refractivity contribution in [1.82, 2.24) is 30.1 Å². The summed E-state index contributed by atoms with van der Waals surface area (Å²) in [6, 6.07) is 4.16. The summed E-state index contributed by atoms with van der Waals surface area (Å²) < 4.78 is 7.25. The van der Waals surface area contributed by atoms with E-state index in [0.717, 1.165) is 50.5 Å². The summed E-state index contributed by atoms with van der Waals surface area (Å²) in [7, 11) is 4.06. The minimum Gasteiger partial charge on any atom is -0.467 e. The summed E-state index contributed by atoms with van der Waals surface area (Å²) in [6.07, 6.45) is 5.81. The number of furan rings is 1. The molecule has 8 nitrogen and oxygen atoms in total. The normalized spacial score (nSPS) is 27.2. The average molecular weight is 372 g/mol. The van der Waals surface area contributed by atoms with E-state index in [0.29, 0.717) is 18.5 Å². The number of nitrogens with zero attached hydrogens (tertiary/aromatic N) is 5. The number of amides is 1. The van der Waals surface area contributed by atoms with Gasteiger partial charge in [0.2, 0.25) is 5.91 Å². The van der Waals surface area contributed by atoms with Crippen molar-refractivity contribution in [1.29, 1.82) is 0 Å². The van der Waals surface area contributed by atoms with Gasteiger partial charge in [-0.15, -0.1) is 5.10 Å². The fourth-order valence-electron chi connectivity index (χ4n) is 4.38. The van der Waals surface area contributed by atoms with Gasteiger partial charge in [-0.05, 0) is 51.5 Å². The van der Waals surface area contributed by atoms with Crippen molar-refractivity contribution in [2.75, 3.05) is 27.2 Å². The minimum absolute atomic E-state index is 0.0741. The highest BCUT2D eigenvalue weighted by Crippen LogP contribution is 2.37. The lowest BCUT2D eigenvalue weighted by Crippen LogP contribution is -2.57. The van der Waals surface area contributed by atoms with E-state index in [-0.39, 0.29) is 11.8 Å². The molecule has 0 radical (unpaired) electrons. The largest absolute Gasteiger partial charge is 0.467 e. The Bertz CT molecular complexity index is 756. The monoisotopic (exact) mass is 372 g/mol. The Balaban J connectivity index is 1.31. The molecular weight excluding hydrogens is 344 g/mol. The first kappa shape index (κ1) is 18.2. The topological polar surface area (TPSA) is 79.4 Å². The van der Waals surface area contributed by atoms with Gasteiger partial charge in [0.15, 0.2) is 0 Å². The van der Waals surface area contributed by atoms with Crippen molar-refractivity contribution in [3.8, 4) is 0 Å². The van der Waals surface area contributed by atoms with Gasteiger partial charge >= 0.3 is 0 Å². The molecule has 146 valence electrons. The summed E-state index contributed by atoms with van der Waals surface area (Å²) in [5.41, 5.74) is 0.992. The number of nitrogens with one attached hydrogen (secondary N) is 1. The highest BCUT2D eigenvalue weighted by atomic mass is 16.3. The molecule has 0 spiro atoms. The Morgan fingerprint density at radius 2 is 2.33 bits per heavy atom. The standard InChI is InChI=1S/C19H28N6O2/c1-23(2)10-15-11-25(22-21-15)12-16-8-14-5-6-24(16)13-18(14)19(26)20-9-17-4-3-7-27-17/h3-4,7,11,14,16,18H,5-6,8-10,12-13H2,1-2H3,(H,20,26)/t14?,16-,18+/m1/s1. The first-order chi connectivity index (χ1) is 13.1. The predicted octanol–water partition coefficient (Wildman–Crippen LogP) is 0.960. The zero-order valence-corrected chi connectivity index (χ0v) is 16.0. The Labute approximate surface area is 159 Å². The van der Waals surface area contributed by atoms with E-state index in [1.807, 2.05) is 37.1 Å². The fourth-order valence-corrected chi connectivity index (χ4v) is 4.38. The number of rotatable bonds is 7. The minimum atomic E-state index is 0.0741. The van der Waals surface area contributed by atoms with Gasteiger partial charge in [0.05, 0.1) is 31.0 Å². The lowest BCUT2D eigenvalue weighted by atomic mass is 9.75. The smallest absolute Gasteiger partial charge is 0.225 e. The van der Waals surface area contributed by atoms with E-state index < -0.39 is 0 Å². The molecule has 3 aliphatic rings. The maximum absolute atomic E-state index is 12.6. The van der Waals surface area contributed by atoms with Gasteiger partial charge in [-0.2, -0.15) is 0 Å². The lowest BCUT2D eigenvalue weighted by molar-refractivity contribution is -0.133. The van der Waals surface area contributed by atoms with Crippen molar-refractivity contribution >= 4 is 5.91 Å². The van der Waals surface area contributed by atoms with Gasteiger partial charge < -0.3 is 14.6 Å². The van der Waals surface area contributed by atoms with Crippen LogP contribution in [0.1, 0.15) is 24.3 Å². The van der Waals surface area contributed by atoms with Crippen LogP contribution in [0.15, 0.2) is 29.0 Å². The lowest BCUT2D eigenvalue weighted by Gasteiger charge is -2.49. The second-order valence-electron chi connectivity index (χ2n) is 8.01. The SMILES string of the molecule is CN(C)Cc1cn(C[C@H]2CC3CCN2C[C@@H]3C(=O)NCc2ccco2)nn1. The van der Waals surface area contributed by atoms with Crippen molar-refractivity contribution in [3.05, 3.63) is 36.0 Å². The molecule has 2 aromatic rings. The zero-order chi connectivity index (χ0) is 18.8. The molecule has 2 aromatic heterocycles. The molecule has 0 aromatic carbocycles. The number of hydrogen-bond acceptors (Lipinski definition) is 6. The summed E-state index contributed by atoms with van der Waals surface area (Å²) >= 11 is 0. The number of carbonyl (C=O) groups excluding carboxylic acids is 1. The van der Waals surface area contributed by atoms with Crippen LogP contribution in [0.25, 0.3) is 0 Å².